The van der Waals surface area contributed by atoms with Crippen molar-refractivity contribution >= 4 is 39.3 Å². The van der Waals surface area contributed by atoms with Crippen molar-refractivity contribution in [3.05, 3.63) is 100 Å². The van der Waals surface area contributed by atoms with Crippen LogP contribution in [0.25, 0.3) is 0 Å². The van der Waals surface area contributed by atoms with Crippen molar-refractivity contribution in [3.63, 3.8) is 0 Å². The third-order valence-electron chi connectivity index (χ3n) is 4.44. The number of aromatic nitrogens is 3. The number of nitrogens with zero attached hydrogens (tertiary/aromatic N) is 3. The Morgan fingerprint density at radius 2 is 1.70 bits per heavy atom. The van der Waals surface area contributed by atoms with Crippen LogP contribution < -0.4 is 5.32 Å². The first-order valence-electron chi connectivity index (χ1n) is 9.37. The highest BCUT2D eigenvalue weighted by Gasteiger charge is 2.15. The van der Waals surface area contributed by atoms with E-state index in [1.807, 2.05) is 47.1 Å². The van der Waals surface area contributed by atoms with Crippen LogP contribution in [0.1, 0.15) is 21.5 Å². The van der Waals surface area contributed by atoms with Gasteiger partial charge in [-0.05, 0) is 64.4 Å². The lowest BCUT2D eigenvalue weighted by molar-refractivity contribution is 0.102. The summed E-state index contributed by atoms with van der Waals surface area (Å²) >= 11 is 4.85. The fraction of sp³-hybridized carbons (Fsp3) is 0.0870. The van der Waals surface area contributed by atoms with E-state index in [9.17, 15) is 4.79 Å². The normalized spacial score (nSPS) is 10.7. The van der Waals surface area contributed by atoms with Crippen molar-refractivity contribution < 1.29 is 4.79 Å². The average molecular weight is 479 g/mol. The largest absolute Gasteiger partial charge is 0.321 e. The third kappa shape index (κ3) is 4.98. The zero-order valence-corrected chi connectivity index (χ0v) is 18.7. The molecule has 0 fully saturated rings. The smallest absolute Gasteiger partial charge is 0.255 e. The molecule has 0 saturated carbocycles. The van der Waals surface area contributed by atoms with Crippen LogP contribution in [0.15, 0.2) is 93.6 Å². The summed E-state index contributed by atoms with van der Waals surface area (Å²) < 4.78 is 2.39. The summed E-state index contributed by atoms with van der Waals surface area (Å²) in [5, 5.41) is 8.22. The van der Waals surface area contributed by atoms with Crippen LogP contribution in [0, 0.1) is 6.92 Å². The number of hydrogen-bond donors (Lipinski definition) is 1. The number of anilines is 1. The van der Waals surface area contributed by atoms with Gasteiger partial charge in [-0.25, -0.2) is 4.68 Å². The molecule has 4 aromatic rings. The predicted octanol–water partition coefficient (Wildman–Crippen LogP) is 5.80. The Labute approximate surface area is 187 Å². The molecule has 1 N–H and O–H groups in total. The number of aryl methyl sites for hydroxylation is 1. The Hall–Kier alpha value is -2.90. The second-order valence-electron chi connectivity index (χ2n) is 6.73. The van der Waals surface area contributed by atoms with Gasteiger partial charge in [-0.1, -0.05) is 60.2 Å². The van der Waals surface area contributed by atoms with Gasteiger partial charge in [0.1, 0.15) is 0 Å². The van der Waals surface area contributed by atoms with Crippen molar-refractivity contribution in [1.82, 2.24) is 14.8 Å². The minimum Gasteiger partial charge on any atom is -0.321 e. The van der Waals surface area contributed by atoms with E-state index < -0.39 is 0 Å². The molecule has 0 aliphatic carbocycles. The van der Waals surface area contributed by atoms with Crippen molar-refractivity contribution in [2.45, 2.75) is 23.5 Å². The van der Waals surface area contributed by atoms with E-state index >= 15 is 0 Å². The summed E-state index contributed by atoms with van der Waals surface area (Å²) in [6.45, 7) is 2.68. The molecular formula is C23H19BrN4OS. The molecule has 0 saturated heterocycles. The van der Waals surface area contributed by atoms with E-state index in [2.05, 4.69) is 62.5 Å². The van der Waals surface area contributed by atoms with Crippen LogP contribution in [0.4, 0.5) is 5.69 Å². The van der Waals surface area contributed by atoms with E-state index in [0.717, 1.165) is 21.3 Å². The maximum absolute atomic E-state index is 12.6. The maximum Gasteiger partial charge on any atom is 0.255 e. The van der Waals surface area contributed by atoms with Crippen molar-refractivity contribution in [2.24, 2.45) is 0 Å². The van der Waals surface area contributed by atoms with E-state index in [1.165, 1.54) is 17.3 Å². The van der Waals surface area contributed by atoms with Gasteiger partial charge in [-0.15, -0.1) is 5.10 Å². The van der Waals surface area contributed by atoms with E-state index in [0.29, 0.717) is 16.8 Å². The minimum absolute atomic E-state index is 0.147. The van der Waals surface area contributed by atoms with Crippen LogP contribution in [0.3, 0.4) is 0 Å². The fourth-order valence-corrected chi connectivity index (χ4v) is 4.28. The number of carbonyl (C=O) groups excluding carboxylic acids is 1. The maximum atomic E-state index is 12.6. The van der Waals surface area contributed by atoms with Gasteiger partial charge in [0.05, 0.1) is 12.2 Å². The Bertz CT molecular complexity index is 1160. The van der Waals surface area contributed by atoms with E-state index in [4.69, 9.17) is 0 Å². The van der Waals surface area contributed by atoms with Gasteiger partial charge in [-0.3, -0.25) is 4.79 Å². The minimum atomic E-state index is -0.147. The molecular weight excluding hydrogens is 460 g/mol. The molecule has 3 aromatic carbocycles. The van der Waals surface area contributed by atoms with Crippen molar-refractivity contribution in [2.75, 3.05) is 5.32 Å². The zero-order valence-electron chi connectivity index (χ0n) is 16.2. The molecule has 0 aliphatic heterocycles. The number of hydrogen-bond acceptors (Lipinski definition) is 4. The number of amides is 1. The lowest BCUT2D eigenvalue weighted by Gasteiger charge is -2.11. The molecule has 5 nitrogen and oxygen atoms in total. The summed E-state index contributed by atoms with van der Waals surface area (Å²) in [6.07, 6.45) is 0. The van der Waals surface area contributed by atoms with Crippen LogP contribution in [-0.2, 0) is 6.54 Å². The van der Waals surface area contributed by atoms with E-state index in [-0.39, 0.29) is 5.91 Å². The van der Waals surface area contributed by atoms with Gasteiger partial charge in [0.2, 0.25) is 4.73 Å². The summed E-state index contributed by atoms with van der Waals surface area (Å²) in [5.41, 5.74) is 3.71. The summed E-state index contributed by atoms with van der Waals surface area (Å²) in [6, 6.07) is 25.2. The molecule has 150 valence electrons. The van der Waals surface area contributed by atoms with Crippen molar-refractivity contribution in [3.8, 4) is 0 Å². The SMILES string of the molecule is Cc1ccc(Cn2nc(Br)nc2Sc2ccccc2NC(=O)c2ccccc2)cc1. The molecule has 1 heterocycles. The second kappa shape index (κ2) is 9.28. The summed E-state index contributed by atoms with van der Waals surface area (Å²) in [4.78, 5) is 18.0. The topological polar surface area (TPSA) is 59.8 Å². The standard InChI is InChI=1S/C23H19BrN4OS/c1-16-11-13-17(14-12-16)15-28-23(26-22(24)27-28)30-20-10-6-5-9-19(20)25-21(29)18-7-3-2-4-8-18/h2-14H,15H2,1H3,(H,25,29). The number of para-hydroxylation sites is 1. The Kier molecular flexibility index (Phi) is 6.30. The van der Waals surface area contributed by atoms with E-state index in [1.54, 1.807) is 12.1 Å². The first kappa shape index (κ1) is 20.4. The van der Waals surface area contributed by atoms with Gasteiger partial charge in [0.25, 0.3) is 5.91 Å². The number of nitrogens with one attached hydrogen (secondary N) is 1. The van der Waals surface area contributed by atoms with Crippen LogP contribution >= 0.6 is 27.7 Å². The van der Waals surface area contributed by atoms with Crippen LogP contribution in [-0.4, -0.2) is 20.7 Å². The zero-order chi connectivity index (χ0) is 20.9. The molecule has 0 spiro atoms. The molecule has 1 aromatic heterocycles. The quantitative estimate of drug-likeness (QED) is 0.380. The first-order chi connectivity index (χ1) is 14.6. The molecule has 4 rings (SSSR count). The number of benzene rings is 3. The Morgan fingerprint density at radius 1 is 1.00 bits per heavy atom. The predicted molar refractivity (Wildman–Crippen MR) is 123 cm³/mol. The van der Waals surface area contributed by atoms with Gasteiger partial charge in [0, 0.05) is 10.5 Å². The molecule has 1 amide bonds. The molecule has 0 radical (unpaired) electrons. The molecule has 30 heavy (non-hydrogen) atoms. The first-order valence-corrected chi connectivity index (χ1v) is 11.0. The highest BCUT2D eigenvalue weighted by atomic mass is 79.9. The summed E-state index contributed by atoms with van der Waals surface area (Å²) in [7, 11) is 0. The third-order valence-corrected chi connectivity index (χ3v) is 5.83. The molecule has 0 atom stereocenters. The molecule has 0 aliphatic rings. The van der Waals surface area contributed by atoms with Gasteiger partial charge in [-0.2, -0.15) is 4.98 Å². The molecule has 0 bridgehead atoms. The number of halogens is 1. The number of carbonyl (C=O) groups is 1. The van der Waals surface area contributed by atoms with Crippen molar-refractivity contribution in [1.29, 1.82) is 0 Å². The second-order valence-corrected chi connectivity index (χ2v) is 8.44. The highest BCUT2D eigenvalue weighted by molar-refractivity contribution is 9.10. The number of rotatable bonds is 6. The molecule has 7 heteroatoms. The average Bonchev–Trinajstić information content (AvgIpc) is 3.10. The Morgan fingerprint density at radius 3 is 2.47 bits per heavy atom. The van der Waals surface area contributed by atoms with Crippen LogP contribution in [0.2, 0.25) is 0 Å². The highest BCUT2D eigenvalue weighted by Crippen LogP contribution is 2.33. The Balaban J connectivity index is 1.56. The van der Waals surface area contributed by atoms with Gasteiger partial charge < -0.3 is 5.32 Å². The lowest BCUT2D eigenvalue weighted by atomic mass is 10.1. The van der Waals surface area contributed by atoms with Crippen LogP contribution in [0.5, 0.6) is 0 Å². The summed E-state index contributed by atoms with van der Waals surface area (Å²) in [5.74, 6) is -0.147. The monoisotopic (exact) mass is 478 g/mol. The fourth-order valence-electron chi connectivity index (χ4n) is 2.89. The van der Waals surface area contributed by atoms with Gasteiger partial charge >= 0.3 is 0 Å². The lowest BCUT2D eigenvalue weighted by Crippen LogP contribution is -2.12. The molecule has 0 unspecified atom stereocenters. The van der Waals surface area contributed by atoms with Gasteiger partial charge in [0.15, 0.2) is 5.16 Å².